The smallest absolute Gasteiger partial charge is 1.00 e. The van der Waals surface area contributed by atoms with Crippen molar-refractivity contribution < 1.29 is 48.2 Å². The van der Waals surface area contributed by atoms with E-state index in [9.17, 15) is 9.59 Å². The van der Waals surface area contributed by atoms with Crippen molar-refractivity contribution in [2.45, 2.75) is 0 Å². The molecule has 0 spiro atoms. The fraction of sp³-hybridized carbons (Fsp3) is 0. The summed E-state index contributed by atoms with van der Waals surface area (Å²) in [6.07, 6.45) is 0. The summed E-state index contributed by atoms with van der Waals surface area (Å²) in [6.45, 7) is 0.120. The summed E-state index contributed by atoms with van der Waals surface area (Å²) in [6, 6.07) is 8.32. The van der Waals surface area contributed by atoms with Crippen LogP contribution in [0.2, 0.25) is 0 Å². The molecular weight excluding hydrogens is 207 g/mol. The Balaban J connectivity index is -0.0000000807. The first-order chi connectivity index (χ1) is 5.34. The summed E-state index contributed by atoms with van der Waals surface area (Å²) in [5, 5.41) is 0. The van der Waals surface area contributed by atoms with Crippen LogP contribution >= 0.6 is 0 Å². The quantitative estimate of drug-likeness (QED) is 0.248. The van der Waals surface area contributed by atoms with E-state index in [2.05, 4.69) is 4.74 Å². The van der Waals surface area contributed by atoms with Gasteiger partial charge in [-0.3, -0.25) is 4.79 Å². The number of hydrogen-bond donors (Lipinski definition) is 0. The van der Waals surface area contributed by atoms with E-state index in [0.717, 1.165) is 0 Å². The molecule has 3 nitrogen and oxygen atoms in total. The SMILES string of the molecule is O=COC(=O)c1ccccc1.[Ca+2].[H-].[H-].[H-].[Na+]. The molecule has 1 aromatic carbocycles. The van der Waals surface area contributed by atoms with Crippen LogP contribution in [0.3, 0.4) is 0 Å². The first-order valence-corrected chi connectivity index (χ1v) is 3.04. The average Bonchev–Trinajstić information content (AvgIpc) is 2.07. The van der Waals surface area contributed by atoms with E-state index in [1.165, 1.54) is 0 Å². The molecule has 0 amide bonds. The van der Waals surface area contributed by atoms with Crippen molar-refractivity contribution in [3.63, 3.8) is 0 Å². The maximum Gasteiger partial charge on any atom is 2.00 e. The Bertz CT molecular complexity index is 274. The predicted octanol–water partition coefficient (Wildman–Crippen LogP) is -2.04. The fourth-order valence-electron chi connectivity index (χ4n) is 0.686. The van der Waals surface area contributed by atoms with Crippen molar-refractivity contribution in [3.8, 4) is 0 Å². The van der Waals surface area contributed by atoms with E-state index in [-0.39, 0.29) is 78.0 Å². The van der Waals surface area contributed by atoms with Gasteiger partial charge in [-0.2, -0.15) is 0 Å². The van der Waals surface area contributed by atoms with Crippen molar-refractivity contribution >= 4 is 50.2 Å². The Morgan fingerprint density at radius 2 is 1.85 bits per heavy atom. The number of esters is 1. The van der Waals surface area contributed by atoms with Gasteiger partial charge in [-0.1, -0.05) is 18.2 Å². The summed E-state index contributed by atoms with van der Waals surface area (Å²) < 4.78 is 4.11. The molecule has 1 rings (SSSR count). The summed E-state index contributed by atoms with van der Waals surface area (Å²) in [5.74, 6) is -0.624. The third kappa shape index (κ3) is 5.83. The minimum Gasteiger partial charge on any atom is -1.00 e. The van der Waals surface area contributed by atoms with Crippen LogP contribution in [0.4, 0.5) is 0 Å². The first kappa shape index (κ1) is 16.1. The van der Waals surface area contributed by atoms with Crippen LogP contribution < -0.4 is 29.6 Å². The molecule has 0 aliphatic rings. The second-order valence-electron chi connectivity index (χ2n) is 1.87. The molecule has 0 aromatic heterocycles. The summed E-state index contributed by atoms with van der Waals surface area (Å²) in [7, 11) is 0. The Hall–Kier alpha value is 0.620. The molecule has 0 saturated carbocycles. The molecule has 0 heterocycles. The Kier molecular flexibility index (Phi) is 11.4. The van der Waals surface area contributed by atoms with Gasteiger partial charge in [0.15, 0.2) is 0 Å². The van der Waals surface area contributed by atoms with Crippen LogP contribution in [0.25, 0.3) is 0 Å². The molecule has 0 unspecified atom stereocenters. The van der Waals surface area contributed by atoms with E-state index in [0.29, 0.717) is 5.56 Å². The van der Waals surface area contributed by atoms with Gasteiger partial charge in [0.25, 0.3) is 0 Å². The molecule has 0 fully saturated rings. The van der Waals surface area contributed by atoms with Crippen molar-refractivity contribution in [2.75, 3.05) is 0 Å². The third-order valence-corrected chi connectivity index (χ3v) is 1.16. The molecule has 0 saturated heterocycles. The third-order valence-electron chi connectivity index (χ3n) is 1.16. The van der Waals surface area contributed by atoms with Gasteiger partial charge >= 0.3 is 79.7 Å². The van der Waals surface area contributed by atoms with Gasteiger partial charge in [0.2, 0.25) is 0 Å². The van der Waals surface area contributed by atoms with E-state index in [1.54, 1.807) is 30.3 Å². The van der Waals surface area contributed by atoms with E-state index >= 15 is 0 Å². The van der Waals surface area contributed by atoms with Gasteiger partial charge in [0.05, 0.1) is 5.56 Å². The number of hydrogen-bond acceptors (Lipinski definition) is 3. The van der Waals surface area contributed by atoms with Gasteiger partial charge in [-0.05, 0) is 12.1 Å². The maximum absolute atomic E-state index is 10.8. The van der Waals surface area contributed by atoms with Crippen LogP contribution in [0.1, 0.15) is 14.6 Å². The maximum atomic E-state index is 10.8. The van der Waals surface area contributed by atoms with Crippen molar-refractivity contribution in [1.29, 1.82) is 0 Å². The Morgan fingerprint density at radius 3 is 2.31 bits per heavy atom. The molecule has 0 N–H and O–H groups in total. The van der Waals surface area contributed by atoms with Gasteiger partial charge in [0, 0.05) is 0 Å². The second kappa shape index (κ2) is 9.19. The summed E-state index contributed by atoms with van der Waals surface area (Å²) in [4.78, 5) is 20.5. The largest absolute Gasteiger partial charge is 2.00 e. The van der Waals surface area contributed by atoms with Gasteiger partial charge in [-0.15, -0.1) is 0 Å². The average molecular weight is 216 g/mol. The van der Waals surface area contributed by atoms with Crippen molar-refractivity contribution in [1.82, 2.24) is 0 Å². The van der Waals surface area contributed by atoms with Crippen LogP contribution in [0.5, 0.6) is 0 Å². The molecule has 5 heteroatoms. The fourth-order valence-corrected chi connectivity index (χ4v) is 0.686. The van der Waals surface area contributed by atoms with Crippen LogP contribution in [-0.4, -0.2) is 50.2 Å². The molecule has 0 radical (unpaired) electrons. The van der Waals surface area contributed by atoms with E-state index in [1.807, 2.05) is 0 Å². The van der Waals surface area contributed by atoms with Gasteiger partial charge in [0.1, 0.15) is 0 Å². The molecule has 13 heavy (non-hydrogen) atoms. The van der Waals surface area contributed by atoms with E-state index < -0.39 is 5.97 Å². The number of benzene rings is 1. The zero-order valence-corrected chi connectivity index (χ0v) is 11.6. The molecule has 0 atom stereocenters. The topological polar surface area (TPSA) is 43.4 Å². The van der Waals surface area contributed by atoms with Gasteiger partial charge in [-0.25, -0.2) is 4.79 Å². The molecule has 0 aliphatic carbocycles. The molecular formula is C8H9CaNaO3. The van der Waals surface area contributed by atoms with E-state index in [4.69, 9.17) is 0 Å². The monoisotopic (exact) mass is 216 g/mol. The van der Waals surface area contributed by atoms with Crippen molar-refractivity contribution in [2.24, 2.45) is 0 Å². The standard InChI is InChI=1S/C8H6O3.Ca.Na.3H/c9-6-11-8(10)7-4-2-1-3-5-7;;;;;/h1-6H;;;;;/q;+2;+1;3*-1. The summed E-state index contributed by atoms with van der Waals surface area (Å²) in [5.41, 5.74) is 0.375. The van der Waals surface area contributed by atoms with Gasteiger partial charge < -0.3 is 9.02 Å². The Morgan fingerprint density at radius 1 is 1.31 bits per heavy atom. The number of carbonyl (C=O) groups excluding carboxylic acids is 2. The van der Waals surface area contributed by atoms with Crippen LogP contribution in [0.15, 0.2) is 30.3 Å². The molecule has 62 valence electrons. The molecule has 1 aromatic rings. The second-order valence-corrected chi connectivity index (χ2v) is 1.87. The first-order valence-electron chi connectivity index (χ1n) is 3.04. The zero-order valence-electron chi connectivity index (χ0n) is 10.4. The van der Waals surface area contributed by atoms with Crippen LogP contribution in [0, 0.1) is 0 Å². The number of carbonyl (C=O) groups is 2. The normalized spacial score (nSPS) is 7.38. The zero-order chi connectivity index (χ0) is 8.10. The molecule has 0 aliphatic heterocycles. The molecule has 0 bridgehead atoms. The minimum absolute atomic E-state index is 0. The predicted molar refractivity (Wildman–Crippen MR) is 47.0 cm³/mol. The number of rotatable bonds is 2. The minimum atomic E-state index is -0.624. The summed E-state index contributed by atoms with van der Waals surface area (Å²) >= 11 is 0. The Labute approximate surface area is 133 Å². The number of ether oxygens (including phenoxy) is 1. The van der Waals surface area contributed by atoms with Crippen LogP contribution in [-0.2, 0) is 9.53 Å². The van der Waals surface area contributed by atoms with Crippen molar-refractivity contribution in [3.05, 3.63) is 35.9 Å².